The van der Waals surface area contributed by atoms with Gasteiger partial charge in [0.1, 0.15) is 11.5 Å². The third kappa shape index (κ3) is 4.39. The summed E-state index contributed by atoms with van der Waals surface area (Å²) in [5, 5.41) is 3.30. The Morgan fingerprint density at radius 1 is 1.13 bits per heavy atom. The lowest BCUT2D eigenvalue weighted by Gasteiger charge is -2.17. The minimum atomic E-state index is -0.654. The number of methoxy groups -OCH3 is 1. The predicted octanol–water partition coefficient (Wildman–Crippen LogP) is 4.37. The number of carbonyl (C=O) groups excluding carboxylic acids is 1. The van der Waals surface area contributed by atoms with E-state index in [1.807, 2.05) is 32.0 Å². The van der Waals surface area contributed by atoms with E-state index >= 15 is 0 Å². The van der Waals surface area contributed by atoms with E-state index in [1.54, 1.807) is 25.1 Å². The highest BCUT2D eigenvalue weighted by Gasteiger charge is 2.17. The number of nitrogens with one attached hydrogen (secondary N) is 1. The Kier molecular flexibility index (Phi) is 5.50. The molecule has 0 heterocycles. The molecule has 0 spiro atoms. The summed E-state index contributed by atoms with van der Waals surface area (Å²) < 4.78 is 11.0. The second kappa shape index (κ2) is 7.38. The van der Waals surface area contributed by atoms with Crippen molar-refractivity contribution in [3.63, 3.8) is 0 Å². The SMILES string of the molecule is COc1ccc(Cl)cc1NC(=O)[C@H](C)Oc1cc(C)ccc1C. The van der Waals surface area contributed by atoms with Crippen molar-refractivity contribution in [3.05, 3.63) is 52.5 Å². The fraction of sp³-hybridized carbons (Fsp3) is 0.278. The Bertz CT molecular complexity index is 715. The van der Waals surface area contributed by atoms with E-state index in [0.29, 0.717) is 22.2 Å². The first kappa shape index (κ1) is 17.2. The van der Waals surface area contributed by atoms with Gasteiger partial charge in [-0.1, -0.05) is 23.7 Å². The minimum absolute atomic E-state index is 0.272. The third-order valence-electron chi connectivity index (χ3n) is 3.44. The van der Waals surface area contributed by atoms with E-state index in [-0.39, 0.29) is 5.91 Å². The smallest absolute Gasteiger partial charge is 0.265 e. The molecular weight excluding hydrogens is 314 g/mol. The topological polar surface area (TPSA) is 47.6 Å². The zero-order chi connectivity index (χ0) is 17.0. The van der Waals surface area contributed by atoms with Crippen LogP contribution in [0.5, 0.6) is 11.5 Å². The third-order valence-corrected chi connectivity index (χ3v) is 3.67. The molecule has 2 aromatic carbocycles. The van der Waals surface area contributed by atoms with E-state index in [4.69, 9.17) is 21.1 Å². The summed E-state index contributed by atoms with van der Waals surface area (Å²) in [5.74, 6) is 0.971. The van der Waals surface area contributed by atoms with Crippen molar-refractivity contribution in [2.24, 2.45) is 0 Å². The van der Waals surface area contributed by atoms with Crippen LogP contribution in [0.2, 0.25) is 5.02 Å². The molecule has 0 fully saturated rings. The lowest BCUT2D eigenvalue weighted by atomic mass is 10.1. The van der Waals surface area contributed by atoms with E-state index in [9.17, 15) is 4.79 Å². The Hall–Kier alpha value is -2.20. The van der Waals surface area contributed by atoms with Crippen LogP contribution in [-0.4, -0.2) is 19.1 Å². The van der Waals surface area contributed by atoms with Gasteiger partial charge in [0.2, 0.25) is 0 Å². The van der Waals surface area contributed by atoms with Gasteiger partial charge >= 0.3 is 0 Å². The van der Waals surface area contributed by atoms with Crippen LogP contribution in [0.3, 0.4) is 0 Å². The van der Waals surface area contributed by atoms with Crippen LogP contribution in [-0.2, 0) is 4.79 Å². The van der Waals surface area contributed by atoms with E-state index in [2.05, 4.69) is 5.32 Å². The van der Waals surface area contributed by atoms with Crippen LogP contribution in [0.25, 0.3) is 0 Å². The molecule has 0 radical (unpaired) electrons. The van der Waals surface area contributed by atoms with Crippen LogP contribution in [0.15, 0.2) is 36.4 Å². The molecule has 0 aliphatic carbocycles. The number of amides is 1. The molecule has 0 unspecified atom stereocenters. The van der Waals surface area contributed by atoms with Crippen molar-refractivity contribution in [1.29, 1.82) is 0 Å². The van der Waals surface area contributed by atoms with Gasteiger partial charge in [0.05, 0.1) is 12.8 Å². The average Bonchev–Trinajstić information content (AvgIpc) is 2.51. The molecule has 0 aromatic heterocycles. The molecule has 1 amide bonds. The number of ether oxygens (including phenoxy) is 2. The fourth-order valence-electron chi connectivity index (χ4n) is 2.09. The first-order valence-corrected chi connectivity index (χ1v) is 7.67. The molecule has 0 aliphatic rings. The number of hydrogen-bond donors (Lipinski definition) is 1. The van der Waals surface area contributed by atoms with Crippen LogP contribution in [0.1, 0.15) is 18.1 Å². The molecule has 0 saturated heterocycles. The van der Waals surface area contributed by atoms with Gasteiger partial charge in [-0.15, -0.1) is 0 Å². The number of halogens is 1. The maximum absolute atomic E-state index is 12.4. The molecule has 0 aliphatic heterocycles. The van der Waals surface area contributed by atoms with Gasteiger partial charge in [-0.3, -0.25) is 4.79 Å². The average molecular weight is 334 g/mol. The number of rotatable bonds is 5. The lowest BCUT2D eigenvalue weighted by molar-refractivity contribution is -0.122. The summed E-state index contributed by atoms with van der Waals surface area (Å²) in [5.41, 5.74) is 2.58. The van der Waals surface area contributed by atoms with Gasteiger partial charge in [0, 0.05) is 5.02 Å². The second-order valence-corrected chi connectivity index (χ2v) is 5.80. The van der Waals surface area contributed by atoms with Crippen molar-refractivity contribution in [2.45, 2.75) is 26.9 Å². The highest BCUT2D eigenvalue weighted by molar-refractivity contribution is 6.31. The van der Waals surface area contributed by atoms with Crippen molar-refractivity contribution in [1.82, 2.24) is 0 Å². The van der Waals surface area contributed by atoms with Gasteiger partial charge < -0.3 is 14.8 Å². The highest BCUT2D eigenvalue weighted by Crippen LogP contribution is 2.28. The Labute approximate surface area is 141 Å². The van der Waals surface area contributed by atoms with Crippen molar-refractivity contribution >= 4 is 23.2 Å². The van der Waals surface area contributed by atoms with Crippen molar-refractivity contribution < 1.29 is 14.3 Å². The standard InChI is InChI=1S/C18H20ClNO3/c1-11-5-6-12(2)17(9-11)23-13(3)18(21)20-15-10-14(19)7-8-16(15)22-4/h5-10,13H,1-4H3,(H,20,21)/t13-/m0/s1. The first-order valence-electron chi connectivity index (χ1n) is 7.29. The summed E-state index contributed by atoms with van der Waals surface area (Å²) in [4.78, 5) is 12.4. The summed E-state index contributed by atoms with van der Waals surface area (Å²) in [6.07, 6.45) is -0.654. The maximum Gasteiger partial charge on any atom is 0.265 e. The zero-order valence-corrected chi connectivity index (χ0v) is 14.4. The van der Waals surface area contributed by atoms with Crippen LogP contribution < -0.4 is 14.8 Å². The van der Waals surface area contributed by atoms with E-state index in [0.717, 1.165) is 11.1 Å². The summed E-state index contributed by atoms with van der Waals surface area (Å²) >= 11 is 5.97. The molecule has 0 bridgehead atoms. The van der Waals surface area contributed by atoms with Crippen LogP contribution in [0.4, 0.5) is 5.69 Å². The predicted molar refractivity (Wildman–Crippen MR) is 92.6 cm³/mol. The van der Waals surface area contributed by atoms with Crippen LogP contribution >= 0.6 is 11.6 Å². The normalized spacial score (nSPS) is 11.7. The summed E-state index contributed by atoms with van der Waals surface area (Å²) in [6, 6.07) is 10.9. The quantitative estimate of drug-likeness (QED) is 0.883. The minimum Gasteiger partial charge on any atom is -0.495 e. The first-order chi connectivity index (χ1) is 10.9. The summed E-state index contributed by atoms with van der Waals surface area (Å²) in [6.45, 7) is 5.63. The molecule has 23 heavy (non-hydrogen) atoms. The lowest BCUT2D eigenvalue weighted by Crippen LogP contribution is -2.30. The van der Waals surface area contributed by atoms with Crippen LogP contribution in [0, 0.1) is 13.8 Å². The molecule has 2 rings (SSSR count). The number of aryl methyl sites for hydroxylation is 2. The van der Waals surface area contributed by atoms with Crippen molar-refractivity contribution in [3.8, 4) is 11.5 Å². The van der Waals surface area contributed by atoms with Gasteiger partial charge in [0.15, 0.2) is 6.10 Å². The van der Waals surface area contributed by atoms with E-state index in [1.165, 1.54) is 7.11 Å². The number of hydrogen-bond acceptors (Lipinski definition) is 3. The monoisotopic (exact) mass is 333 g/mol. The number of carbonyl (C=O) groups is 1. The molecule has 0 saturated carbocycles. The van der Waals surface area contributed by atoms with E-state index < -0.39 is 6.10 Å². The van der Waals surface area contributed by atoms with Gasteiger partial charge in [-0.25, -0.2) is 0 Å². The molecule has 122 valence electrons. The summed E-state index contributed by atoms with van der Waals surface area (Å²) in [7, 11) is 1.54. The van der Waals surface area contributed by atoms with Gasteiger partial charge in [-0.2, -0.15) is 0 Å². The molecule has 1 atom stereocenters. The maximum atomic E-state index is 12.4. The largest absolute Gasteiger partial charge is 0.495 e. The number of anilines is 1. The molecular formula is C18H20ClNO3. The Balaban J connectivity index is 2.11. The van der Waals surface area contributed by atoms with Gasteiger partial charge in [-0.05, 0) is 56.2 Å². The molecule has 2 aromatic rings. The molecule has 5 heteroatoms. The second-order valence-electron chi connectivity index (χ2n) is 5.36. The zero-order valence-electron chi connectivity index (χ0n) is 13.6. The Morgan fingerprint density at radius 3 is 2.57 bits per heavy atom. The molecule has 4 nitrogen and oxygen atoms in total. The Morgan fingerprint density at radius 2 is 1.87 bits per heavy atom. The van der Waals surface area contributed by atoms with Crippen molar-refractivity contribution in [2.75, 3.05) is 12.4 Å². The number of benzene rings is 2. The fourth-order valence-corrected chi connectivity index (χ4v) is 2.26. The highest BCUT2D eigenvalue weighted by atomic mass is 35.5. The molecule has 1 N–H and O–H groups in total. The van der Waals surface area contributed by atoms with Gasteiger partial charge in [0.25, 0.3) is 5.91 Å².